The maximum atomic E-state index is 13.4. The molecule has 0 radical (unpaired) electrons. The topological polar surface area (TPSA) is 80.3 Å². The van der Waals surface area contributed by atoms with Gasteiger partial charge in [-0.1, -0.05) is 12.1 Å². The van der Waals surface area contributed by atoms with Gasteiger partial charge in [0, 0.05) is 30.4 Å². The van der Waals surface area contributed by atoms with E-state index in [1.807, 2.05) is 13.0 Å². The Morgan fingerprint density at radius 3 is 3.08 bits per heavy atom. The lowest BCUT2D eigenvalue weighted by molar-refractivity contribution is -0.126. The van der Waals surface area contributed by atoms with Gasteiger partial charge in [0.15, 0.2) is 0 Å². The summed E-state index contributed by atoms with van der Waals surface area (Å²) >= 11 is 0. The molecule has 0 unspecified atom stereocenters. The van der Waals surface area contributed by atoms with Gasteiger partial charge in [-0.2, -0.15) is 0 Å². The standard InChI is InChI=1S/C18H18FN3O3/c1-2-25-18-11(4-3-7-20-18)10-21-17(24)14-9-16(23)22-15-8-12(19)5-6-13(14)15/h3-8,14H,2,9-10H2,1H3,(H,21,24)(H,22,23)/t14-/m0/s1. The molecule has 7 heteroatoms. The molecule has 0 bridgehead atoms. The molecule has 0 spiro atoms. The van der Waals surface area contributed by atoms with Crippen molar-refractivity contribution >= 4 is 17.5 Å². The van der Waals surface area contributed by atoms with Crippen LogP contribution < -0.4 is 15.4 Å². The first kappa shape index (κ1) is 16.9. The molecule has 1 aliphatic heterocycles. The molecule has 130 valence electrons. The minimum absolute atomic E-state index is 0.0236. The van der Waals surface area contributed by atoms with Crippen LogP contribution in [0.15, 0.2) is 36.5 Å². The lowest BCUT2D eigenvalue weighted by Gasteiger charge is -2.25. The van der Waals surface area contributed by atoms with E-state index in [-0.39, 0.29) is 24.8 Å². The molecule has 1 aromatic carbocycles. The van der Waals surface area contributed by atoms with Crippen molar-refractivity contribution in [2.45, 2.75) is 25.8 Å². The van der Waals surface area contributed by atoms with Crippen molar-refractivity contribution in [3.63, 3.8) is 0 Å². The average molecular weight is 343 g/mol. The fraction of sp³-hybridized carbons (Fsp3) is 0.278. The van der Waals surface area contributed by atoms with Crippen LogP contribution in [0.4, 0.5) is 10.1 Å². The number of hydrogen-bond acceptors (Lipinski definition) is 4. The van der Waals surface area contributed by atoms with Gasteiger partial charge in [0.05, 0.1) is 12.5 Å². The number of amides is 2. The number of rotatable bonds is 5. The number of nitrogens with one attached hydrogen (secondary N) is 2. The monoisotopic (exact) mass is 343 g/mol. The smallest absolute Gasteiger partial charge is 0.228 e. The second kappa shape index (κ2) is 7.29. The Labute approximate surface area is 144 Å². The second-order valence-electron chi connectivity index (χ2n) is 5.65. The van der Waals surface area contributed by atoms with Crippen molar-refractivity contribution in [3.8, 4) is 5.88 Å². The number of carbonyl (C=O) groups is 2. The fourth-order valence-electron chi connectivity index (χ4n) is 2.80. The fourth-order valence-corrected chi connectivity index (χ4v) is 2.80. The second-order valence-corrected chi connectivity index (χ2v) is 5.65. The number of fused-ring (bicyclic) bond motifs is 1. The Balaban J connectivity index is 1.75. The first-order chi connectivity index (χ1) is 12.1. The largest absolute Gasteiger partial charge is 0.478 e. The zero-order chi connectivity index (χ0) is 17.8. The minimum Gasteiger partial charge on any atom is -0.478 e. The van der Waals surface area contributed by atoms with Crippen molar-refractivity contribution in [1.82, 2.24) is 10.3 Å². The van der Waals surface area contributed by atoms with Crippen molar-refractivity contribution in [1.29, 1.82) is 0 Å². The third-order valence-electron chi connectivity index (χ3n) is 3.95. The number of benzene rings is 1. The Bertz CT molecular complexity index is 810. The molecule has 3 rings (SSSR count). The zero-order valence-corrected chi connectivity index (χ0v) is 13.7. The zero-order valence-electron chi connectivity index (χ0n) is 13.7. The molecule has 0 aliphatic carbocycles. The molecular formula is C18H18FN3O3. The van der Waals surface area contributed by atoms with Gasteiger partial charge in [0.25, 0.3) is 0 Å². The van der Waals surface area contributed by atoms with E-state index in [2.05, 4.69) is 15.6 Å². The van der Waals surface area contributed by atoms with Gasteiger partial charge >= 0.3 is 0 Å². The summed E-state index contributed by atoms with van der Waals surface area (Å²) in [6, 6.07) is 7.61. The van der Waals surface area contributed by atoms with Crippen LogP contribution in [0.25, 0.3) is 0 Å². The summed E-state index contributed by atoms with van der Waals surface area (Å²) in [5.41, 5.74) is 1.69. The van der Waals surface area contributed by atoms with E-state index in [9.17, 15) is 14.0 Å². The summed E-state index contributed by atoms with van der Waals surface area (Å²) in [7, 11) is 0. The number of ether oxygens (including phenoxy) is 1. The predicted molar refractivity (Wildman–Crippen MR) is 89.6 cm³/mol. The SMILES string of the molecule is CCOc1ncccc1CNC(=O)[C@H]1CC(=O)Nc2cc(F)ccc21. The molecule has 2 amide bonds. The van der Waals surface area contributed by atoms with E-state index in [1.54, 1.807) is 12.3 Å². The third-order valence-corrected chi connectivity index (χ3v) is 3.95. The number of pyridine rings is 1. The van der Waals surface area contributed by atoms with Gasteiger partial charge in [-0.3, -0.25) is 9.59 Å². The highest BCUT2D eigenvalue weighted by molar-refractivity contribution is 6.01. The van der Waals surface area contributed by atoms with Crippen LogP contribution in [0, 0.1) is 5.82 Å². The summed E-state index contributed by atoms with van der Waals surface area (Å²) < 4.78 is 18.8. The van der Waals surface area contributed by atoms with Crippen LogP contribution in [0.1, 0.15) is 30.4 Å². The van der Waals surface area contributed by atoms with Crippen LogP contribution in [-0.4, -0.2) is 23.4 Å². The molecule has 25 heavy (non-hydrogen) atoms. The Morgan fingerprint density at radius 2 is 2.28 bits per heavy atom. The van der Waals surface area contributed by atoms with E-state index in [0.29, 0.717) is 23.7 Å². The van der Waals surface area contributed by atoms with Crippen LogP contribution >= 0.6 is 0 Å². The number of aromatic nitrogens is 1. The summed E-state index contributed by atoms with van der Waals surface area (Å²) in [6.45, 7) is 2.56. The van der Waals surface area contributed by atoms with Gasteiger partial charge in [0.2, 0.25) is 17.7 Å². The molecule has 1 atom stereocenters. The van der Waals surface area contributed by atoms with E-state index >= 15 is 0 Å². The van der Waals surface area contributed by atoms with Crippen LogP contribution in [-0.2, 0) is 16.1 Å². The van der Waals surface area contributed by atoms with Gasteiger partial charge in [-0.05, 0) is 30.7 Å². The molecule has 0 fully saturated rings. The van der Waals surface area contributed by atoms with Crippen LogP contribution in [0.3, 0.4) is 0 Å². The first-order valence-electron chi connectivity index (χ1n) is 8.02. The lowest BCUT2D eigenvalue weighted by Crippen LogP contribution is -2.34. The van der Waals surface area contributed by atoms with Crippen molar-refractivity contribution in [2.24, 2.45) is 0 Å². The van der Waals surface area contributed by atoms with Crippen LogP contribution in [0.2, 0.25) is 0 Å². The number of carbonyl (C=O) groups excluding carboxylic acids is 2. The maximum absolute atomic E-state index is 13.4. The third kappa shape index (κ3) is 3.76. The molecule has 1 aromatic heterocycles. The van der Waals surface area contributed by atoms with Gasteiger partial charge < -0.3 is 15.4 Å². The van der Waals surface area contributed by atoms with Gasteiger partial charge in [-0.15, -0.1) is 0 Å². The number of halogens is 1. The minimum atomic E-state index is -0.656. The summed E-state index contributed by atoms with van der Waals surface area (Å²) in [4.78, 5) is 28.5. The van der Waals surface area contributed by atoms with E-state index in [0.717, 1.165) is 5.56 Å². The molecule has 2 aromatic rings. The molecular weight excluding hydrogens is 325 g/mol. The number of nitrogens with zero attached hydrogens (tertiary/aromatic N) is 1. The molecule has 6 nitrogen and oxygen atoms in total. The predicted octanol–water partition coefficient (Wildman–Crippen LogP) is 2.36. The first-order valence-corrected chi connectivity index (χ1v) is 8.02. The van der Waals surface area contributed by atoms with Crippen molar-refractivity contribution in [3.05, 3.63) is 53.5 Å². The highest BCUT2D eigenvalue weighted by atomic mass is 19.1. The van der Waals surface area contributed by atoms with Crippen molar-refractivity contribution in [2.75, 3.05) is 11.9 Å². The van der Waals surface area contributed by atoms with Crippen molar-refractivity contribution < 1.29 is 18.7 Å². The maximum Gasteiger partial charge on any atom is 0.228 e. The number of anilines is 1. The average Bonchev–Trinajstić information content (AvgIpc) is 2.60. The highest BCUT2D eigenvalue weighted by Crippen LogP contribution is 2.33. The normalized spacial score (nSPS) is 15.9. The van der Waals surface area contributed by atoms with Gasteiger partial charge in [-0.25, -0.2) is 9.37 Å². The molecule has 0 saturated carbocycles. The Morgan fingerprint density at radius 1 is 1.44 bits per heavy atom. The Kier molecular flexibility index (Phi) is 4.92. The van der Waals surface area contributed by atoms with Crippen LogP contribution in [0.5, 0.6) is 5.88 Å². The van der Waals surface area contributed by atoms with Gasteiger partial charge in [0.1, 0.15) is 5.82 Å². The number of hydrogen-bond donors (Lipinski definition) is 2. The van der Waals surface area contributed by atoms with E-state index in [4.69, 9.17) is 4.74 Å². The molecule has 1 aliphatic rings. The molecule has 0 saturated heterocycles. The highest BCUT2D eigenvalue weighted by Gasteiger charge is 2.30. The lowest BCUT2D eigenvalue weighted by atomic mass is 9.89. The summed E-state index contributed by atoms with van der Waals surface area (Å²) in [6.07, 6.45) is 1.64. The summed E-state index contributed by atoms with van der Waals surface area (Å²) in [5, 5.41) is 5.41. The summed E-state index contributed by atoms with van der Waals surface area (Å²) in [5.74, 6) is -1.26. The molecule has 2 N–H and O–H groups in total. The van der Waals surface area contributed by atoms with E-state index < -0.39 is 11.7 Å². The molecule has 2 heterocycles. The quantitative estimate of drug-likeness (QED) is 0.873. The Hall–Kier alpha value is -2.96. The van der Waals surface area contributed by atoms with E-state index in [1.165, 1.54) is 18.2 Å².